The van der Waals surface area contributed by atoms with Gasteiger partial charge in [0.05, 0.1) is 17.4 Å². The predicted molar refractivity (Wildman–Crippen MR) is 147 cm³/mol. The molecule has 4 amide bonds. The highest BCUT2D eigenvalue weighted by atomic mass is 16.5. The molecule has 0 spiro atoms. The predicted octanol–water partition coefficient (Wildman–Crippen LogP) is 4.56. The van der Waals surface area contributed by atoms with Gasteiger partial charge in [-0.15, -0.1) is 0 Å². The molecule has 0 aliphatic carbocycles. The quantitative estimate of drug-likeness (QED) is 0.377. The molecule has 0 saturated carbocycles. The second-order valence-electron chi connectivity index (χ2n) is 10.3. The van der Waals surface area contributed by atoms with Gasteiger partial charge in [0.2, 0.25) is 0 Å². The number of aromatic nitrogens is 1. The standard InChI is InChI=1S/C31H28N4O4/c36-29(32-18-20-11-8-16-39-20)22-13-5-7-15-25(22)35-30(37)26-17-23-21-12-4-6-14-24(21)33-27(23)28(34(26)31(35)38)19-9-2-1-3-10-19/h1-7,9-10,12-15,20,26,28,33H,8,11,16-18H2,(H,32,36). The molecule has 3 atom stereocenters. The van der Waals surface area contributed by atoms with E-state index >= 15 is 0 Å². The zero-order valence-electron chi connectivity index (χ0n) is 21.3. The normalized spacial score (nSPS) is 22.3. The van der Waals surface area contributed by atoms with Crippen molar-refractivity contribution < 1.29 is 19.1 Å². The number of aromatic amines is 1. The van der Waals surface area contributed by atoms with Gasteiger partial charge in [0.1, 0.15) is 12.1 Å². The SMILES string of the molecule is O=C(NCC1CCCO1)c1ccccc1N1C(=O)C2Cc3c([nH]c4ccccc34)C(c3ccccc3)N2C1=O. The molecule has 2 N–H and O–H groups in total. The minimum Gasteiger partial charge on any atom is -0.376 e. The topological polar surface area (TPSA) is 94.7 Å². The molecule has 4 heterocycles. The van der Waals surface area contributed by atoms with Crippen molar-refractivity contribution in [3.63, 3.8) is 0 Å². The lowest BCUT2D eigenvalue weighted by atomic mass is 9.89. The van der Waals surface area contributed by atoms with Gasteiger partial charge in [-0.2, -0.15) is 0 Å². The zero-order chi connectivity index (χ0) is 26.5. The second-order valence-corrected chi connectivity index (χ2v) is 10.3. The van der Waals surface area contributed by atoms with Crippen molar-refractivity contribution in [2.75, 3.05) is 18.1 Å². The number of carbonyl (C=O) groups excluding carboxylic acids is 3. The number of nitrogens with one attached hydrogen (secondary N) is 2. The number of imide groups is 1. The first kappa shape index (κ1) is 23.7. The summed E-state index contributed by atoms with van der Waals surface area (Å²) in [6.07, 6.45) is 2.26. The van der Waals surface area contributed by atoms with Gasteiger partial charge in [-0.25, -0.2) is 9.69 Å². The second kappa shape index (κ2) is 9.39. The van der Waals surface area contributed by atoms with E-state index in [0.717, 1.165) is 40.6 Å². The summed E-state index contributed by atoms with van der Waals surface area (Å²) in [5.74, 6) is -0.654. The van der Waals surface area contributed by atoms with E-state index in [1.165, 1.54) is 4.90 Å². The zero-order valence-corrected chi connectivity index (χ0v) is 21.3. The number of rotatable bonds is 5. The first-order valence-corrected chi connectivity index (χ1v) is 13.4. The molecule has 3 aromatic carbocycles. The monoisotopic (exact) mass is 520 g/mol. The van der Waals surface area contributed by atoms with Crippen LogP contribution in [0.25, 0.3) is 10.9 Å². The van der Waals surface area contributed by atoms with Crippen molar-refractivity contribution in [2.24, 2.45) is 0 Å². The molecule has 1 aromatic heterocycles. The Hall–Kier alpha value is -4.43. The third kappa shape index (κ3) is 3.82. The average molecular weight is 521 g/mol. The maximum atomic E-state index is 14.2. The fraction of sp³-hybridized carbons (Fsp3) is 0.258. The number of carbonyl (C=O) groups is 3. The average Bonchev–Trinajstić information content (AvgIpc) is 3.68. The van der Waals surface area contributed by atoms with Crippen LogP contribution in [0.3, 0.4) is 0 Å². The fourth-order valence-corrected chi connectivity index (χ4v) is 6.25. The molecule has 39 heavy (non-hydrogen) atoms. The molecule has 7 rings (SSSR count). The van der Waals surface area contributed by atoms with E-state index < -0.39 is 18.1 Å². The van der Waals surface area contributed by atoms with Gasteiger partial charge in [0.25, 0.3) is 11.8 Å². The summed E-state index contributed by atoms with van der Waals surface area (Å²) in [5.41, 5.74) is 4.45. The highest BCUT2D eigenvalue weighted by Gasteiger charge is 2.53. The number of nitrogens with zero attached hydrogens (tertiary/aromatic N) is 2. The molecular weight excluding hydrogens is 492 g/mol. The van der Waals surface area contributed by atoms with Crippen LogP contribution in [0, 0.1) is 0 Å². The molecule has 2 saturated heterocycles. The number of benzene rings is 3. The largest absolute Gasteiger partial charge is 0.376 e. The van der Waals surface area contributed by atoms with E-state index in [1.807, 2.05) is 48.5 Å². The van der Waals surface area contributed by atoms with Gasteiger partial charge >= 0.3 is 6.03 Å². The van der Waals surface area contributed by atoms with Crippen LogP contribution in [0.4, 0.5) is 10.5 Å². The summed E-state index contributed by atoms with van der Waals surface area (Å²) in [6.45, 7) is 1.09. The van der Waals surface area contributed by atoms with E-state index in [1.54, 1.807) is 29.2 Å². The number of hydrogen-bond donors (Lipinski definition) is 2. The van der Waals surface area contributed by atoms with E-state index in [9.17, 15) is 14.4 Å². The number of H-pyrrole nitrogens is 1. The van der Waals surface area contributed by atoms with Crippen LogP contribution in [0.1, 0.15) is 46.1 Å². The van der Waals surface area contributed by atoms with Crippen molar-refractivity contribution in [1.82, 2.24) is 15.2 Å². The van der Waals surface area contributed by atoms with Crippen molar-refractivity contribution in [3.05, 3.63) is 101 Å². The maximum Gasteiger partial charge on any atom is 0.332 e. The first-order valence-electron chi connectivity index (χ1n) is 13.4. The van der Waals surface area contributed by atoms with Crippen molar-refractivity contribution >= 4 is 34.4 Å². The lowest BCUT2D eigenvalue weighted by molar-refractivity contribution is -0.120. The van der Waals surface area contributed by atoms with Crippen LogP contribution in [-0.2, 0) is 16.0 Å². The molecule has 0 radical (unpaired) electrons. The Bertz CT molecular complexity index is 1590. The molecule has 8 heteroatoms. The smallest absolute Gasteiger partial charge is 0.332 e. The molecule has 3 aliphatic heterocycles. The minimum atomic E-state index is -0.683. The summed E-state index contributed by atoms with van der Waals surface area (Å²) in [5, 5.41) is 3.99. The lowest BCUT2D eigenvalue weighted by Gasteiger charge is -2.36. The Morgan fingerprint density at radius 1 is 0.974 bits per heavy atom. The molecule has 196 valence electrons. The maximum absolute atomic E-state index is 14.2. The first-order chi connectivity index (χ1) is 19.1. The van der Waals surface area contributed by atoms with Crippen molar-refractivity contribution in [2.45, 2.75) is 37.5 Å². The molecule has 2 fully saturated rings. The molecule has 4 aromatic rings. The van der Waals surface area contributed by atoms with Crippen LogP contribution in [-0.4, -0.2) is 53.0 Å². The van der Waals surface area contributed by atoms with Gasteiger partial charge < -0.3 is 15.0 Å². The van der Waals surface area contributed by atoms with E-state index in [4.69, 9.17) is 4.74 Å². The van der Waals surface area contributed by atoms with Crippen LogP contribution in [0.2, 0.25) is 0 Å². The molecule has 0 bridgehead atoms. The lowest BCUT2D eigenvalue weighted by Crippen LogP contribution is -2.44. The number of anilines is 1. The summed E-state index contributed by atoms with van der Waals surface area (Å²) in [7, 11) is 0. The van der Waals surface area contributed by atoms with Crippen LogP contribution in [0.5, 0.6) is 0 Å². The number of amides is 4. The number of hydrogen-bond acceptors (Lipinski definition) is 4. The van der Waals surface area contributed by atoms with E-state index in [0.29, 0.717) is 25.3 Å². The van der Waals surface area contributed by atoms with Gasteiger partial charge in [0, 0.05) is 36.2 Å². The van der Waals surface area contributed by atoms with E-state index in [2.05, 4.69) is 16.4 Å². The Morgan fingerprint density at radius 3 is 2.56 bits per heavy atom. The van der Waals surface area contributed by atoms with Crippen molar-refractivity contribution in [3.8, 4) is 0 Å². The highest BCUT2D eigenvalue weighted by Crippen LogP contribution is 2.45. The number of para-hydroxylation sites is 2. The number of ether oxygens (including phenoxy) is 1. The summed E-state index contributed by atoms with van der Waals surface area (Å²) < 4.78 is 5.63. The summed E-state index contributed by atoms with van der Waals surface area (Å²) in [6, 6.07) is 23.0. The number of fused-ring (bicyclic) bond motifs is 4. The summed E-state index contributed by atoms with van der Waals surface area (Å²) >= 11 is 0. The third-order valence-corrected chi connectivity index (χ3v) is 8.07. The summed E-state index contributed by atoms with van der Waals surface area (Å²) in [4.78, 5) is 47.9. The fourth-order valence-electron chi connectivity index (χ4n) is 6.25. The Balaban J connectivity index is 1.28. The van der Waals surface area contributed by atoms with E-state index in [-0.39, 0.29) is 23.5 Å². The highest BCUT2D eigenvalue weighted by molar-refractivity contribution is 6.24. The molecule has 8 nitrogen and oxygen atoms in total. The van der Waals surface area contributed by atoms with Gasteiger partial charge in [-0.1, -0.05) is 60.7 Å². The van der Waals surface area contributed by atoms with Crippen LogP contribution >= 0.6 is 0 Å². The molecule has 3 unspecified atom stereocenters. The van der Waals surface area contributed by atoms with Crippen LogP contribution in [0.15, 0.2) is 78.9 Å². The molecule has 3 aliphatic rings. The van der Waals surface area contributed by atoms with Gasteiger partial charge in [0.15, 0.2) is 0 Å². The number of urea groups is 1. The Kier molecular flexibility index (Phi) is 5.70. The minimum absolute atomic E-state index is 0.0133. The Morgan fingerprint density at radius 2 is 1.74 bits per heavy atom. The van der Waals surface area contributed by atoms with Crippen molar-refractivity contribution in [1.29, 1.82) is 0 Å². The third-order valence-electron chi connectivity index (χ3n) is 8.07. The van der Waals surface area contributed by atoms with Gasteiger partial charge in [-0.3, -0.25) is 14.5 Å². The molecular formula is C31H28N4O4. The Labute approximate surface area is 225 Å². The van der Waals surface area contributed by atoms with Crippen LogP contribution < -0.4 is 10.2 Å². The van der Waals surface area contributed by atoms with Gasteiger partial charge in [-0.05, 0) is 42.2 Å².